The average Bonchev–Trinajstić information content (AvgIpc) is 2.63. The number of hydrogen-bond acceptors (Lipinski definition) is 5. The first-order chi connectivity index (χ1) is 13.0. The van der Waals surface area contributed by atoms with E-state index in [0.29, 0.717) is 17.1 Å². The Hall–Kier alpha value is -2.60. The number of rotatable bonds is 6. The summed E-state index contributed by atoms with van der Waals surface area (Å²) in [5, 5.41) is 0.843. The van der Waals surface area contributed by atoms with Gasteiger partial charge < -0.3 is 13.9 Å². The molecule has 0 radical (unpaired) electrons. The molecule has 1 atom stereocenters. The van der Waals surface area contributed by atoms with Crippen LogP contribution in [0.25, 0.3) is 11.0 Å². The van der Waals surface area contributed by atoms with E-state index in [4.69, 9.17) is 13.9 Å². The number of carbonyl (C=O) groups is 1. The fraction of sp³-hybridized carbons (Fsp3) is 0.238. The quantitative estimate of drug-likeness (QED) is 0.316. The monoisotopic (exact) mass is 430 g/mol. The van der Waals surface area contributed by atoms with Crippen molar-refractivity contribution in [3.05, 3.63) is 69.0 Å². The molecule has 0 saturated heterocycles. The Morgan fingerprint density at radius 1 is 1.11 bits per heavy atom. The van der Waals surface area contributed by atoms with E-state index in [1.54, 1.807) is 37.3 Å². The first-order valence-electron chi connectivity index (χ1n) is 8.67. The van der Waals surface area contributed by atoms with E-state index in [1.165, 1.54) is 6.07 Å². The molecular weight excluding hydrogens is 412 g/mol. The van der Waals surface area contributed by atoms with E-state index in [1.807, 2.05) is 19.1 Å². The molecule has 0 aliphatic heterocycles. The molecule has 140 valence electrons. The number of fused-ring (bicyclic) bond motifs is 1. The minimum absolute atomic E-state index is 0.301. The molecule has 1 heterocycles. The highest BCUT2D eigenvalue weighted by atomic mass is 79.9. The largest absolute Gasteiger partial charge is 0.479 e. The van der Waals surface area contributed by atoms with Crippen LogP contribution in [-0.2, 0) is 11.2 Å². The molecule has 6 heteroatoms. The third-order valence-corrected chi connectivity index (χ3v) is 4.53. The van der Waals surface area contributed by atoms with Gasteiger partial charge in [-0.3, -0.25) is 0 Å². The molecule has 0 fully saturated rings. The summed E-state index contributed by atoms with van der Waals surface area (Å²) in [6, 6.07) is 13.7. The SMILES string of the molecule is CCCc1cc(=O)oc2cc(OC(=O)C(C)Oc3ccc(Br)cc3)ccc12. The second kappa shape index (κ2) is 8.39. The van der Waals surface area contributed by atoms with Crippen molar-refractivity contribution in [2.24, 2.45) is 0 Å². The summed E-state index contributed by atoms with van der Waals surface area (Å²) in [5.41, 5.74) is 0.910. The van der Waals surface area contributed by atoms with Crippen LogP contribution in [0.4, 0.5) is 0 Å². The van der Waals surface area contributed by atoms with Crippen LogP contribution in [0.5, 0.6) is 11.5 Å². The zero-order valence-corrected chi connectivity index (χ0v) is 16.6. The molecule has 0 aliphatic rings. The minimum Gasteiger partial charge on any atom is -0.479 e. The topological polar surface area (TPSA) is 65.7 Å². The smallest absolute Gasteiger partial charge is 0.352 e. The lowest BCUT2D eigenvalue weighted by Crippen LogP contribution is -2.28. The lowest BCUT2D eigenvalue weighted by molar-refractivity contribution is -0.141. The lowest BCUT2D eigenvalue weighted by atomic mass is 10.1. The van der Waals surface area contributed by atoms with Gasteiger partial charge in [0, 0.05) is 22.0 Å². The second-order valence-corrected chi connectivity index (χ2v) is 7.05. The number of halogens is 1. The summed E-state index contributed by atoms with van der Waals surface area (Å²) in [4.78, 5) is 24.1. The lowest BCUT2D eigenvalue weighted by Gasteiger charge is -2.14. The zero-order valence-electron chi connectivity index (χ0n) is 15.0. The van der Waals surface area contributed by atoms with Crippen LogP contribution in [0, 0.1) is 0 Å². The Bertz CT molecular complexity index is 1010. The van der Waals surface area contributed by atoms with Crippen molar-refractivity contribution in [1.29, 1.82) is 0 Å². The molecule has 0 amide bonds. The summed E-state index contributed by atoms with van der Waals surface area (Å²) < 4.78 is 17.2. The van der Waals surface area contributed by atoms with Crippen LogP contribution in [0.15, 0.2) is 62.2 Å². The van der Waals surface area contributed by atoms with E-state index in [9.17, 15) is 9.59 Å². The van der Waals surface area contributed by atoms with Crippen LogP contribution in [-0.4, -0.2) is 12.1 Å². The molecule has 0 saturated carbocycles. The van der Waals surface area contributed by atoms with Crippen LogP contribution < -0.4 is 15.1 Å². The van der Waals surface area contributed by atoms with Crippen LogP contribution in [0.2, 0.25) is 0 Å². The number of aryl methyl sites for hydroxylation is 1. The number of carbonyl (C=O) groups excluding carboxylic acids is 1. The third kappa shape index (κ3) is 4.77. The van der Waals surface area contributed by atoms with Gasteiger partial charge in [0.15, 0.2) is 6.10 Å². The summed E-state index contributed by atoms with van der Waals surface area (Å²) >= 11 is 3.35. The fourth-order valence-electron chi connectivity index (χ4n) is 2.71. The van der Waals surface area contributed by atoms with E-state index < -0.39 is 17.7 Å². The van der Waals surface area contributed by atoms with Gasteiger partial charge in [-0.1, -0.05) is 29.3 Å². The minimum atomic E-state index is -0.791. The van der Waals surface area contributed by atoms with E-state index in [0.717, 1.165) is 28.3 Å². The highest BCUT2D eigenvalue weighted by Gasteiger charge is 2.18. The molecule has 3 aromatic rings. The Labute approximate surface area is 165 Å². The number of ether oxygens (including phenoxy) is 2. The van der Waals surface area contributed by atoms with E-state index >= 15 is 0 Å². The van der Waals surface area contributed by atoms with Gasteiger partial charge in [-0.05, 0) is 55.3 Å². The number of hydrogen-bond donors (Lipinski definition) is 0. The fourth-order valence-corrected chi connectivity index (χ4v) is 2.98. The predicted molar refractivity (Wildman–Crippen MR) is 106 cm³/mol. The maximum absolute atomic E-state index is 12.3. The van der Waals surface area contributed by atoms with Crippen molar-refractivity contribution in [1.82, 2.24) is 0 Å². The Morgan fingerprint density at radius 3 is 2.52 bits per heavy atom. The zero-order chi connectivity index (χ0) is 19.4. The van der Waals surface area contributed by atoms with Gasteiger partial charge >= 0.3 is 11.6 Å². The van der Waals surface area contributed by atoms with Gasteiger partial charge in [-0.25, -0.2) is 9.59 Å². The molecule has 1 aromatic heterocycles. The summed E-state index contributed by atoms with van der Waals surface area (Å²) in [7, 11) is 0. The molecule has 5 nitrogen and oxygen atoms in total. The molecular formula is C21H19BrO5. The van der Waals surface area contributed by atoms with Crippen molar-refractivity contribution < 1.29 is 18.7 Å². The van der Waals surface area contributed by atoms with Crippen molar-refractivity contribution in [2.75, 3.05) is 0 Å². The van der Waals surface area contributed by atoms with Gasteiger partial charge in [0.2, 0.25) is 0 Å². The molecule has 3 rings (SSSR count). The number of esters is 1. The van der Waals surface area contributed by atoms with Gasteiger partial charge in [0.05, 0.1) is 0 Å². The van der Waals surface area contributed by atoms with E-state index in [-0.39, 0.29) is 0 Å². The molecule has 0 spiro atoms. The summed E-state index contributed by atoms with van der Waals surface area (Å²) in [6.45, 7) is 3.66. The molecule has 1 unspecified atom stereocenters. The number of benzene rings is 2. The Kier molecular flexibility index (Phi) is 5.96. The van der Waals surface area contributed by atoms with Crippen molar-refractivity contribution in [3.8, 4) is 11.5 Å². The Balaban J connectivity index is 1.76. The average molecular weight is 431 g/mol. The Morgan fingerprint density at radius 2 is 1.81 bits per heavy atom. The van der Waals surface area contributed by atoms with Crippen LogP contribution in [0.3, 0.4) is 0 Å². The molecule has 0 bridgehead atoms. The van der Waals surface area contributed by atoms with Crippen molar-refractivity contribution in [3.63, 3.8) is 0 Å². The van der Waals surface area contributed by atoms with Gasteiger partial charge in [-0.15, -0.1) is 0 Å². The first kappa shape index (κ1) is 19.2. The molecule has 27 heavy (non-hydrogen) atoms. The summed E-state index contributed by atoms with van der Waals surface area (Å²) in [6.07, 6.45) is 0.903. The maximum Gasteiger partial charge on any atom is 0.352 e. The molecule has 0 N–H and O–H groups in total. The maximum atomic E-state index is 12.3. The first-order valence-corrected chi connectivity index (χ1v) is 9.46. The van der Waals surface area contributed by atoms with Crippen molar-refractivity contribution in [2.45, 2.75) is 32.8 Å². The van der Waals surface area contributed by atoms with Crippen molar-refractivity contribution >= 4 is 32.9 Å². The summed E-state index contributed by atoms with van der Waals surface area (Å²) in [5.74, 6) is 0.330. The predicted octanol–water partition coefficient (Wildman–Crippen LogP) is 4.88. The second-order valence-electron chi connectivity index (χ2n) is 6.13. The third-order valence-electron chi connectivity index (χ3n) is 4.00. The van der Waals surface area contributed by atoms with Gasteiger partial charge in [-0.2, -0.15) is 0 Å². The van der Waals surface area contributed by atoms with Crippen LogP contribution >= 0.6 is 15.9 Å². The van der Waals surface area contributed by atoms with E-state index in [2.05, 4.69) is 15.9 Å². The molecule has 0 aliphatic carbocycles. The highest BCUT2D eigenvalue weighted by Crippen LogP contribution is 2.24. The standard InChI is InChI=1S/C21H19BrO5/c1-3-4-14-11-20(23)27-19-12-17(9-10-18(14)19)26-21(24)13(2)25-16-7-5-15(22)6-8-16/h5-13H,3-4H2,1-2H3. The van der Waals surface area contributed by atoms with Gasteiger partial charge in [0.1, 0.15) is 17.1 Å². The molecule has 2 aromatic carbocycles. The normalized spacial score (nSPS) is 12.0. The highest BCUT2D eigenvalue weighted by molar-refractivity contribution is 9.10. The van der Waals surface area contributed by atoms with Gasteiger partial charge in [0.25, 0.3) is 0 Å². The van der Waals surface area contributed by atoms with Crippen LogP contribution in [0.1, 0.15) is 25.8 Å².